The number of nitrogens with zero attached hydrogens (tertiary/aromatic N) is 3. The van der Waals surface area contributed by atoms with Gasteiger partial charge in [0.25, 0.3) is 0 Å². The highest BCUT2D eigenvalue weighted by molar-refractivity contribution is 5.78. The lowest BCUT2D eigenvalue weighted by molar-refractivity contribution is -0.158. The minimum atomic E-state index is -0.699. The van der Waals surface area contributed by atoms with Gasteiger partial charge >= 0.3 is 6.16 Å². The molecule has 0 unspecified atom stereocenters. The fraction of sp³-hybridized carbons (Fsp3) is 0.323. The summed E-state index contributed by atoms with van der Waals surface area (Å²) in [6, 6.07) is 20.6. The molecule has 2 aromatic heterocycles. The molecule has 8 heteroatoms. The summed E-state index contributed by atoms with van der Waals surface area (Å²) in [5.41, 5.74) is 3.63. The number of carbonyl (C=O) groups excluding carboxylic acids is 1. The van der Waals surface area contributed by atoms with Gasteiger partial charge in [-0.15, -0.1) is 5.06 Å². The van der Waals surface area contributed by atoms with Gasteiger partial charge in [0.2, 0.25) is 0 Å². The Hall–Kier alpha value is -4.04. The number of piperidine rings is 1. The van der Waals surface area contributed by atoms with Crippen LogP contribution in [0.5, 0.6) is 0 Å². The second-order valence-electron chi connectivity index (χ2n) is 11.0. The van der Waals surface area contributed by atoms with Crippen molar-refractivity contribution in [2.24, 2.45) is 0 Å². The fourth-order valence-electron chi connectivity index (χ4n) is 5.03. The Morgan fingerprint density at radius 1 is 0.974 bits per heavy atom. The number of pyridine rings is 1. The third kappa shape index (κ3) is 6.34. The van der Waals surface area contributed by atoms with Gasteiger partial charge in [-0.25, -0.2) is 14.2 Å². The highest BCUT2D eigenvalue weighted by Gasteiger charge is 2.41. The topological polar surface area (TPSA) is 80.3 Å². The number of benzene rings is 2. The number of rotatable bonds is 6. The minimum absolute atomic E-state index is 0.294. The molecule has 202 valence electrons. The Labute approximate surface area is 228 Å². The number of aromatic amines is 1. The fourth-order valence-corrected chi connectivity index (χ4v) is 5.03. The standard InChI is InChI=1S/C31H33FN4O3/c1-30(2,3)38-29(37)39-36-19-15-31(16-20-36,21-22-7-5-4-6-8-22)28-34-26(23-9-11-25(32)12-10-23)27(35-28)24-13-17-33-18-14-24/h4-14,17-18H,15-16,19-21H2,1-3H3,(H,34,35). The lowest BCUT2D eigenvalue weighted by atomic mass is 9.73. The van der Waals surface area contributed by atoms with Crippen molar-refractivity contribution in [2.45, 2.75) is 51.0 Å². The van der Waals surface area contributed by atoms with Crippen molar-refractivity contribution in [3.05, 3.63) is 96.3 Å². The number of H-pyrrole nitrogens is 1. The highest BCUT2D eigenvalue weighted by atomic mass is 19.1. The van der Waals surface area contributed by atoms with Crippen LogP contribution in [0.2, 0.25) is 0 Å². The molecule has 1 N–H and O–H groups in total. The predicted octanol–water partition coefficient (Wildman–Crippen LogP) is 6.72. The van der Waals surface area contributed by atoms with Crippen molar-refractivity contribution >= 4 is 6.16 Å². The predicted molar refractivity (Wildman–Crippen MR) is 147 cm³/mol. The van der Waals surface area contributed by atoms with Gasteiger partial charge in [0.1, 0.15) is 17.2 Å². The van der Waals surface area contributed by atoms with E-state index in [0.717, 1.165) is 34.8 Å². The smallest absolute Gasteiger partial charge is 0.427 e. The second-order valence-corrected chi connectivity index (χ2v) is 11.0. The average Bonchev–Trinajstić information content (AvgIpc) is 3.37. The molecule has 5 rings (SSSR count). The van der Waals surface area contributed by atoms with Gasteiger partial charge in [0.05, 0.1) is 11.4 Å². The summed E-state index contributed by atoms with van der Waals surface area (Å²) in [5.74, 6) is 0.562. The van der Waals surface area contributed by atoms with Crippen LogP contribution in [0.4, 0.5) is 9.18 Å². The zero-order valence-corrected chi connectivity index (χ0v) is 22.5. The highest BCUT2D eigenvalue weighted by Crippen LogP contribution is 2.41. The Bertz CT molecular complexity index is 1390. The number of hydrogen-bond donors (Lipinski definition) is 1. The lowest BCUT2D eigenvalue weighted by Crippen LogP contribution is -2.45. The van der Waals surface area contributed by atoms with Gasteiger partial charge in [-0.2, -0.15) is 0 Å². The molecular weight excluding hydrogens is 495 g/mol. The number of hydrogen-bond acceptors (Lipinski definition) is 6. The van der Waals surface area contributed by atoms with Gasteiger partial charge in [0, 0.05) is 42.0 Å². The SMILES string of the molecule is CC(C)(C)OC(=O)ON1CCC(Cc2ccccc2)(c2nc(-c3ccc(F)cc3)c(-c3ccncc3)[nH]2)CC1. The number of nitrogens with one attached hydrogen (secondary N) is 1. The molecule has 4 aromatic rings. The van der Waals surface area contributed by atoms with Crippen LogP contribution >= 0.6 is 0 Å². The first-order chi connectivity index (χ1) is 18.7. The monoisotopic (exact) mass is 528 g/mol. The molecule has 0 atom stereocenters. The van der Waals surface area contributed by atoms with Crippen molar-refractivity contribution in [2.75, 3.05) is 13.1 Å². The lowest BCUT2D eigenvalue weighted by Gasteiger charge is -2.39. The number of hydroxylamine groups is 2. The first-order valence-corrected chi connectivity index (χ1v) is 13.2. The quantitative estimate of drug-likeness (QED) is 0.280. The van der Waals surface area contributed by atoms with E-state index in [2.05, 4.69) is 22.1 Å². The molecule has 1 aliphatic heterocycles. The Morgan fingerprint density at radius 2 is 1.64 bits per heavy atom. The van der Waals surface area contributed by atoms with Gasteiger partial charge in [-0.05, 0) is 82.0 Å². The maximum absolute atomic E-state index is 13.8. The van der Waals surface area contributed by atoms with E-state index < -0.39 is 11.8 Å². The summed E-state index contributed by atoms with van der Waals surface area (Å²) in [6.45, 7) is 6.49. The first kappa shape index (κ1) is 26.6. The van der Waals surface area contributed by atoms with Crippen LogP contribution in [0.1, 0.15) is 45.0 Å². The maximum Gasteiger partial charge on any atom is 0.528 e. The number of aromatic nitrogens is 3. The summed E-state index contributed by atoms with van der Waals surface area (Å²) >= 11 is 0. The summed E-state index contributed by atoms with van der Waals surface area (Å²) in [4.78, 5) is 30.8. The van der Waals surface area contributed by atoms with Crippen LogP contribution in [0, 0.1) is 5.82 Å². The Kier molecular flexibility index (Phi) is 7.48. The zero-order chi connectivity index (χ0) is 27.5. The number of imidazole rings is 1. The van der Waals surface area contributed by atoms with Crippen molar-refractivity contribution < 1.29 is 18.8 Å². The van der Waals surface area contributed by atoms with Crippen LogP contribution in [0.25, 0.3) is 22.5 Å². The number of ether oxygens (including phenoxy) is 1. The van der Waals surface area contributed by atoms with Crippen molar-refractivity contribution in [3.8, 4) is 22.5 Å². The Balaban J connectivity index is 1.50. The molecule has 1 aliphatic rings. The van der Waals surface area contributed by atoms with Crippen LogP contribution in [0.15, 0.2) is 79.1 Å². The molecule has 0 bridgehead atoms. The molecule has 0 aliphatic carbocycles. The normalized spacial score (nSPS) is 15.6. The van der Waals surface area contributed by atoms with Crippen LogP contribution in [0.3, 0.4) is 0 Å². The Morgan fingerprint density at radius 3 is 2.28 bits per heavy atom. The number of halogens is 1. The molecule has 0 saturated carbocycles. The molecule has 2 aromatic carbocycles. The molecule has 0 spiro atoms. The minimum Gasteiger partial charge on any atom is -0.427 e. The molecule has 1 fully saturated rings. The van der Waals surface area contributed by atoms with E-state index in [1.165, 1.54) is 17.7 Å². The van der Waals surface area contributed by atoms with E-state index in [0.29, 0.717) is 25.9 Å². The van der Waals surface area contributed by atoms with Gasteiger partial charge < -0.3 is 14.6 Å². The molecular formula is C31H33FN4O3. The van der Waals surface area contributed by atoms with Crippen LogP contribution in [-0.2, 0) is 21.4 Å². The van der Waals surface area contributed by atoms with E-state index >= 15 is 0 Å². The zero-order valence-electron chi connectivity index (χ0n) is 22.5. The maximum atomic E-state index is 13.8. The summed E-state index contributed by atoms with van der Waals surface area (Å²) in [7, 11) is 0. The van der Waals surface area contributed by atoms with Gasteiger partial charge in [0.15, 0.2) is 0 Å². The van der Waals surface area contributed by atoms with Crippen molar-refractivity contribution in [1.82, 2.24) is 20.0 Å². The van der Waals surface area contributed by atoms with Gasteiger partial charge in [-0.3, -0.25) is 4.98 Å². The third-order valence-electron chi connectivity index (χ3n) is 6.95. The first-order valence-electron chi connectivity index (χ1n) is 13.2. The average molecular weight is 529 g/mol. The summed E-state index contributed by atoms with van der Waals surface area (Å²) in [6.07, 6.45) is 4.97. The van der Waals surface area contributed by atoms with Crippen molar-refractivity contribution in [1.29, 1.82) is 0 Å². The van der Waals surface area contributed by atoms with E-state index in [1.807, 2.05) is 51.1 Å². The molecule has 39 heavy (non-hydrogen) atoms. The third-order valence-corrected chi connectivity index (χ3v) is 6.95. The van der Waals surface area contributed by atoms with Gasteiger partial charge in [-0.1, -0.05) is 30.3 Å². The van der Waals surface area contributed by atoms with Crippen LogP contribution in [-0.4, -0.2) is 44.9 Å². The molecule has 3 heterocycles. The molecule has 1 saturated heterocycles. The second kappa shape index (κ2) is 11.0. The molecule has 0 radical (unpaired) electrons. The van der Waals surface area contributed by atoms with E-state index in [4.69, 9.17) is 14.6 Å². The molecule has 7 nitrogen and oxygen atoms in total. The summed E-state index contributed by atoms with van der Waals surface area (Å²) < 4.78 is 19.1. The van der Waals surface area contributed by atoms with E-state index in [1.54, 1.807) is 29.6 Å². The number of carbonyl (C=O) groups is 1. The van der Waals surface area contributed by atoms with Crippen molar-refractivity contribution in [3.63, 3.8) is 0 Å². The van der Waals surface area contributed by atoms with E-state index in [9.17, 15) is 9.18 Å². The van der Waals surface area contributed by atoms with Crippen LogP contribution < -0.4 is 0 Å². The summed E-state index contributed by atoms with van der Waals surface area (Å²) in [5, 5.41) is 1.67. The van der Waals surface area contributed by atoms with E-state index in [-0.39, 0.29) is 11.2 Å². The molecule has 0 amide bonds. The largest absolute Gasteiger partial charge is 0.528 e.